The Labute approximate surface area is 150 Å². The zero-order valence-corrected chi connectivity index (χ0v) is 15.2. The molecule has 2 bridgehead atoms. The minimum atomic E-state index is -0.781. The van der Waals surface area contributed by atoms with Gasteiger partial charge in [0.05, 0.1) is 6.54 Å². The predicted octanol–water partition coefficient (Wildman–Crippen LogP) is -0.502. The number of hydrogen-bond donors (Lipinski definition) is 2. The Balaban J connectivity index is 1.80. The second kappa shape index (κ2) is 5.52. The monoisotopic (exact) mass is 361 g/mol. The normalized spacial score (nSPS) is 30.3. The Morgan fingerprint density at radius 3 is 2.73 bits per heavy atom. The first-order valence-electron chi connectivity index (χ1n) is 8.63. The van der Waals surface area contributed by atoms with E-state index < -0.39 is 29.7 Å². The molecule has 2 aliphatic rings. The molecule has 10 nitrogen and oxygen atoms in total. The summed E-state index contributed by atoms with van der Waals surface area (Å²) in [5.74, 6) is 1.48. The van der Waals surface area contributed by atoms with Gasteiger partial charge in [-0.2, -0.15) is 9.97 Å². The maximum Gasteiger partial charge on any atom is 0.351 e. The lowest BCUT2D eigenvalue weighted by atomic mass is 9.96. The average Bonchev–Trinajstić information content (AvgIpc) is 3.19. The molecule has 0 unspecified atom stereocenters. The van der Waals surface area contributed by atoms with Crippen LogP contribution in [-0.2, 0) is 11.8 Å². The van der Waals surface area contributed by atoms with Crippen LogP contribution in [0, 0.1) is 13.8 Å². The largest absolute Gasteiger partial charge is 0.388 e. The standard InChI is InChI=1S/C16H23N7O3/c1-5-16-7-23(14-18-9(3)21(4)20-14)10(11(16)24)13(26-16)22-6-8(2)12(17)19-15(22)25/h6,10-11,13,24H,5,7H2,1-4H3,(H2,17,19,25)/t10-,11+,13-,16+/m1/s1. The van der Waals surface area contributed by atoms with Crippen molar-refractivity contribution in [2.24, 2.45) is 7.05 Å². The third-order valence-electron chi connectivity index (χ3n) is 5.58. The van der Waals surface area contributed by atoms with Crippen LogP contribution in [0.15, 0.2) is 11.0 Å². The van der Waals surface area contributed by atoms with Crippen molar-refractivity contribution in [2.75, 3.05) is 17.2 Å². The number of ether oxygens (including phenoxy) is 1. The fourth-order valence-corrected chi connectivity index (χ4v) is 3.85. The summed E-state index contributed by atoms with van der Waals surface area (Å²) in [6, 6.07) is -0.487. The Hall–Kier alpha value is -2.46. The number of hydrogen-bond acceptors (Lipinski definition) is 8. The van der Waals surface area contributed by atoms with Gasteiger partial charge in [0.2, 0.25) is 5.95 Å². The van der Waals surface area contributed by atoms with Crippen LogP contribution < -0.4 is 16.3 Å². The Bertz CT molecular complexity index is 904. The van der Waals surface area contributed by atoms with E-state index in [1.165, 1.54) is 4.57 Å². The van der Waals surface area contributed by atoms with Gasteiger partial charge in [-0.1, -0.05) is 6.92 Å². The lowest BCUT2D eigenvalue weighted by Crippen LogP contribution is -2.48. The van der Waals surface area contributed by atoms with Gasteiger partial charge in [0.15, 0.2) is 6.23 Å². The summed E-state index contributed by atoms with van der Waals surface area (Å²) >= 11 is 0. The van der Waals surface area contributed by atoms with E-state index in [1.54, 1.807) is 17.8 Å². The van der Waals surface area contributed by atoms with Crippen molar-refractivity contribution in [3.8, 4) is 0 Å². The van der Waals surface area contributed by atoms with E-state index >= 15 is 0 Å². The van der Waals surface area contributed by atoms with Crippen molar-refractivity contribution in [2.45, 2.75) is 51.2 Å². The molecule has 0 aromatic carbocycles. The maximum absolute atomic E-state index is 12.4. The van der Waals surface area contributed by atoms with E-state index in [0.29, 0.717) is 24.5 Å². The van der Waals surface area contributed by atoms with Crippen LogP contribution in [0.2, 0.25) is 0 Å². The van der Waals surface area contributed by atoms with Gasteiger partial charge >= 0.3 is 5.69 Å². The van der Waals surface area contributed by atoms with Crippen LogP contribution >= 0.6 is 0 Å². The molecule has 0 spiro atoms. The molecule has 140 valence electrons. The SMILES string of the molecule is CC[C@@]12CN(c3nc(C)n(C)n3)[C@@H]([C@H](n3cc(C)c(N)nc3=O)O1)[C@@H]2O. The number of aliphatic hydroxyl groups is 1. The van der Waals surface area contributed by atoms with Gasteiger partial charge in [-0.25, -0.2) is 4.79 Å². The number of aryl methyl sites for hydroxylation is 3. The number of nitrogen functional groups attached to an aromatic ring is 1. The molecule has 4 rings (SSSR count). The molecule has 2 aromatic heterocycles. The Kier molecular flexibility index (Phi) is 3.60. The molecule has 2 saturated heterocycles. The van der Waals surface area contributed by atoms with Crippen molar-refractivity contribution in [3.05, 3.63) is 28.1 Å². The topological polar surface area (TPSA) is 124 Å². The highest BCUT2D eigenvalue weighted by Gasteiger charge is 2.64. The fraction of sp³-hybridized carbons (Fsp3) is 0.625. The second-order valence-corrected chi connectivity index (χ2v) is 7.07. The van der Waals surface area contributed by atoms with Gasteiger partial charge in [-0.3, -0.25) is 9.25 Å². The summed E-state index contributed by atoms with van der Waals surface area (Å²) < 4.78 is 9.27. The summed E-state index contributed by atoms with van der Waals surface area (Å²) in [5, 5.41) is 15.4. The number of rotatable bonds is 3. The molecular weight excluding hydrogens is 338 g/mol. The molecule has 4 heterocycles. The number of aliphatic hydroxyl groups excluding tert-OH is 1. The number of aromatic nitrogens is 5. The fourth-order valence-electron chi connectivity index (χ4n) is 3.85. The number of anilines is 2. The van der Waals surface area contributed by atoms with Gasteiger partial charge in [-0.15, -0.1) is 5.10 Å². The van der Waals surface area contributed by atoms with E-state index in [0.717, 1.165) is 5.82 Å². The average molecular weight is 361 g/mol. The highest BCUT2D eigenvalue weighted by molar-refractivity contribution is 5.41. The van der Waals surface area contributed by atoms with Gasteiger partial charge in [0, 0.05) is 18.8 Å². The number of nitrogens with zero attached hydrogens (tertiary/aromatic N) is 6. The van der Waals surface area contributed by atoms with Crippen molar-refractivity contribution in [1.82, 2.24) is 24.3 Å². The highest BCUT2D eigenvalue weighted by atomic mass is 16.6. The van der Waals surface area contributed by atoms with Crippen molar-refractivity contribution >= 4 is 11.8 Å². The predicted molar refractivity (Wildman–Crippen MR) is 93.7 cm³/mol. The first kappa shape index (κ1) is 17.0. The minimum Gasteiger partial charge on any atom is -0.388 e. The lowest BCUT2D eigenvalue weighted by molar-refractivity contribution is -0.107. The maximum atomic E-state index is 12.4. The van der Waals surface area contributed by atoms with Crippen LogP contribution in [0.1, 0.15) is 31.0 Å². The van der Waals surface area contributed by atoms with E-state index in [9.17, 15) is 9.90 Å². The Morgan fingerprint density at radius 1 is 1.42 bits per heavy atom. The zero-order chi connectivity index (χ0) is 18.8. The zero-order valence-electron chi connectivity index (χ0n) is 15.2. The molecule has 3 N–H and O–H groups in total. The van der Waals surface area contributed by atoms with E-state index in [2.05, 4.69) is 15.1 Å². The minimum absolute atomic E-state index is 0.194. The Morgan fingerprint density at radius 2 is 2.15 bits per heavy atom. The van der Waals surface area contributed by atoms with Crippen LogP contribution in [0.5, 0.6) is 0 Å². The van der Waals surface area contributed by atoms with Crippen LogP contribution in [0.25, 0.3) is 0 Å². The quantitative estimate of drug-likeness (QED) is 0.750. The first-order chi connectivity index (χ1) is 12.3. The van der Waals surface area contributed by atoms with Crippen LogP contribution in [0.4, 0.5) is 11.8 Å². The molecule has 0 amide bonds. The van der Waals surface area contributed by atoms with E-state index in [1.807, 2.05) is 25.8 Å². The highest BCUT2D eigenvalue weighted by Crippen LogP contribution is 2.48. The van der Waals surface area contributed by atoms with E-state index in [4.69, 9.17) is 10.5 Å². The molecule has 0 aliphatic carbocycles. The molecule has 4 atom stereocenters. The summed E-state index contributed by atoms with van der Waals surface area (Å²) in [6.07, 6.45) is 0.759. The van der Waals surface area contributed by atoms with Gasteiger partial charge in [-0.05, 0) is 20.3 Å². The van der Waals surface area contributed by atoms with E-state index in [-0.39, 0.29) is 5.82 Å². The third kappa shape index (κ3) is 2.18. The molecule has 26 heavy (non-hydrogen) atoms. The van der Waals surface area contributed by atoms with Crippen molar-refractivity contribution in [1.29, 1.82) is 0 Å². The molecule has 2 fully saturated rings. The first-order valence-corrected chi connectivity index (χ1v) is 8.63. The smallest absolute Gasteiger partial charge is 0.351 e. The molecule has 10 heteroatoms. The summed E-state index contributed by atoms with van der Waals surface area (Å²) in [6.45, 7) is 6.06. The molecule has 2 aromatic rings. The number of fused-ring (bicyclic) bond motifs is 2. The molecule has 2 aliphatic heterocycles. The second-order valence-electron chi connectivity index (χ2n) is 7.07. The molecule has 0 radical (unpaired) electrons. The molecular formula is C16H23N7O3. The number of nitrogens with two attached hydrogens (primary N) is 1. The molecule has 0 saturated carbocycles. The third-order valence-corrected chi connectivity index (χ3v) is 5.58. The van der Waals surface area contributed by atoms with Gasteiger partial charge in [0.25, 0.3) is 0 Å². The van der Waals surface area contributed by atoms with Crippen molar-refractivity contribution < 1.29 is 9.84 Å². The summed E-state index contributed by atoms with van der Waals surface area (Å²) in [4.78, 5) is 22.7. The summed E-state index contributed by atoms with van der Waals surface area (Å²) in [7, 11) is 1.82. The van der Waals surface area contributed by atoms with Gasteiger partial charge in [0.1, 0.15) is 29.4 Å². The number of morpholine rings is 1. The van der Waals surface area contributed by atoms with Crippen molar-refractivity contribution in [3.63, 3.8) is 0 Å². The lowest BCUT2D eigenvalue weighted by Gasteiger charge is -2.36. The summed E-state index contributed by atoms with van der Waals surface area (Å²) in [5.41, 5.74) is 5.12. The van der Waals surface area contributed by atoms with Crippen LogP contribution in [0.3, 0.4) is 0 Å². The van der Waals surface area contributed by atoms with Gasteiger partial charge < -0.3 is 20.5 Å². The van der Waals surface area contributed by atoms with Crippen LogP contribution in [-0.4, -0.2) is 53.7 Å².